The number of fused-ring (bicyclic) bond motifs is 1. The van der Waals surface area contributed by atoms with E-state index in [1.807, 2.05) is 30.3 Å². The Balaban J connectivity index is 1.77. The lowest BCUT2D eigenvalue weighted by molar-refractivity contribution is 0.306. The Hall–Kier alpha value is -3.93. The van der Waals surface area contributed by atoms with E-state index in [1.165, 1.54) is 7.11 Å². The van der Waals surface area contributed by atoms with Gasteiger partial charge in [0.25, 0.3) is 0 Å². The molecule has 0 saturated carbocycles. The summed E-state index contributed by atoms with van der Waals surface area (Å²) in [6.07, 6.45) is 0. The third kappa shape index (κ3) is 4.05. The van der Waals surface area contributed by atoms with Crippen LogP contribution in [-0.2, 0) is 6.61 Å². The first-order valence-electron chi connectivity index (χ1n) is 9.68. The number of hydrogen-bond acceptors (Lipinski definition) is 6. The molecule has 31 heavy (non-hydrogen) atoms. The van der Waals surface area contributed by atoms with Crippen molar-refractivity contribution in [2.75, 3.05) is 21.3 Å². The molecular formula is C25H22O6. The normalized spacial score (nSPS) is 10.7. The second kappa shape index (κ2) is 8.83. The van der Waals surface area contributed by atoms with Crippen molar-refractivity contribution in [3.8, 4) is 34.3 Å². The van der Waals surface area contributed by atoms with Gasteiger partial charge in [0.2, 0.25) is 11.2 Å². The van der Waals surface area contributed by atoms with Gasteiger partial charge in [-0.05, 0) is 35.9 Å². The van der Waals surface area contributed by atoms with Crippen LogP contribution >= 0.6 is 0 Å². The Kier molecular flexibility index (Phi) is 5.80. The van der Waals surface area contributed by atoms with Crippen LogP contribution in [0, 0.1) is 0 Å². The molecule has 0 spiro atoms. The summed E-state index contributed by atoms with van der Waals surface area (Å²) >= 11 is 0. The summed E-state index contributed by atoms with van der Waals surface area (Å²) < 4.78 is 28.1. The average molecular weight is 418 g/mol. The molecule has 1 aromatic heterocycles. The van der Waals surface area contributed by atoms with E-state index >= 15 is 0 Å². The molecule has 0 aliphatic rings. The fourth-order valence-corrected chi connectivity index (χ4v) is 3.34. The smallest absolute Gasteiger partial charge is 0.235 e. The molecule has 3 aromatic carbocycles. The van der Waals surface area contributed by atoms with Crippen molar-refractivity contribution in [2.24, 2.45) is 0 Å². The topological polar surface area (TPSA) is 67.1 Å². The van der Waals surface area contributed by atoms with Crippen LogP contribution in [0.25, 0.3) is 22.3 Å². The van der Waals surface area contributed by atoms with Gasteiger partial charge in [-0.25, -0.2) is 0 Å². The highest BCUT2D eigenvalue weighted by atomic mass is 16.5. The fraction of sp³-hybridized carbons (Fsp3) is 0.160. The maximum Gasteiger partial charge on any atom is 0.235 e. The highest BCUT2D eigenvalue weighted by Gasteiger charge is 2.19. The van der Waals surface area contributed by atoms with Gasteiger partial charge in [0.05, 0.1) is 26.7 Å². The van der Waals surface area contributed by atoms with Crippen LogP contribution < -0.4 is 24.4 Å². The standard InChI is InChI=1S/C25H22O6/c1-27-20-12-9-17(13-22(20)28-2)24-25(29-3)23(26)19-11-10-18(14-21(19)31-24)30-15-16-7-5-4-6-8-16/h4-14H,15H2,1-3H3. The summed E-state index contributed by atoms with van der Waals surface area (Å²) in [5.41, 5.74) is 1.82. The molecule has 0 amide bonds. The maximum atomic E-state index is 13.0. The molecule has 1 heterocycles. The van der Waals surface area contributed by atoms with Crippen molar-refractivity contribution in [3.63, 3.8) is 0 Å². The summed E-state index contributed by atoms with van der Waals surface area (Å²) in [5, 5.41) is 0.410. The van der Waals surface area contributed by atoms with Crippen molar-refractivity contribution < 1.29 is 23.4 Å². The molecule has 0 radical (unpaired) electrons. The molecular weight excluding hydrogens is 396 g/mol. The van der Waals surface area contributed by atoms with E-state index in [9.17, 15) is 4.79 Å². The molecule has 6 nitrogen and oxygen atoms in total. The third-order valence-electron chi connectivity index (χ3n) is 4.92. The molecule has 4 aromatic rings. The largest absolute Gasteiger partial charge is 0.493 e. The summed E-state index contributed by atoms with van der Waals surface area (Å²) in [6, 6.07) is 20.3. The average Bonchev–Trinajstić information content (AvgIpc) is 2.82. The summed E-state index contributed by atoms with van der Waals surface area (Å²) in [4.78, 5) is 13.0. The Morgan fingerprint density at radius 1 is 0.806 bits per heavy atom. The van der Waals surface area contributed by atoms with Gasteiger partial charge < -0.3 is 23.4 Å². The first kappa shape index (κ1) is 20.3. The van der Waals surface area contributed by atoms with Crippen molar-refractivity contribution in [2.45, 2.75) is 6.61 Å². The van der Waals surface area contributed by atoms with Crippen molar-refractivity contribution in [1.82, 2.24) is 0 Å². The summed E-state index contributed by atoms with van der Waals surface area (Å²) in [7, 11) is 4.55. The van der Waals surface area contributed by atoms with Crippen molar-refractivity contribution >= 4 is 11.0 Å². The van der Waals surface area contributed by atoms with Crippen LogP contribution in [-0.4, -0.2) is 21.3 Å². The zero-order valence-electron chi connectivity index (χ0n) is 17.5. The van der Waals surface area contributed by atoms with Gasteiger partial charge in [-0.3, -0.25) is 4.79 Å². The maximum absolute atomic E-state index is 13.0. The number of benzene rings is 3. The van der Waals surface area contributed by atoms with Gasteiger partial charge in [-0.15, -0.1) is 0 Å². The zero-order chi connectivity index (χ0) is 21.8. The Labute approximate surface area is 179 Å². The van der Waals surface area contributed by atoms with E-state index in [4.69, 9.17) is 23.4 Å². The number of methoxy groups -OCH3 is 3. The van der Waals surface area contributed by atoms with Gasteiger partial charge in [-0.1, -0.05) is 30.3 Å². The monoisotopic (exact) mass is 418 g/mol. The highest BCUT2D eigenvalue weighted by Crippen LogP contribution is 2.37. The zero-order valence-corrected chi connectivity index (χ0v) is 17.5. The second-order valence-electron chi connectivity index (χ2n) is 6.80. The minimum Gasteiger partial charge on any atom is -0.493 e. The quantitative estimate of drug-likeness (QED) is 0.418. The van der Waals surface area contributed by atoms with E-state index < -0.39 is 0 Å². The van der Waals surface area contributed by atoms with Gasteiger partial charge in [0, 0.05) is 11.6 Å². The fourth-order valence-electron chi connectivity index (χ4n) is 3.34. The predicted octanol–water partition coefficient (Wildman–Crippen LogP) is 5.06. The molecule has 4 rings (SSSR count). The van der Waals surface area contributed by atoms with E-state index in [2.05, 4.69) is 0 Å². The molecule has 0 bridgehead atoms. The van der Waals surface area contributed by atoms with Crippen LogP contribution in [0.1, 0.15) is 5.56 Å². The first-order chi connectivity index (χ1) is 15.1. The Morgan fingerprint density at radius 3 is 2.29 bits per heavy atom. The van der Waals surface area contributed by atoms with Gasteiger partial charge in [0.1, 0.15) is 17.9 Å². The molecule has 0 unspecified atom stereocenters. The predicted molar refractivity (Wildman–Crippen MR) is 118 cm³/mol. The minimum absolute atomic E-state index is 0.123. The Morgan fingerprint density at radius 2 is 1.58 bits per heavy atom. The van der Waals surface area contributed by atoms with Crippen LogP contribution in [0.3, 0.4) is 0 Å². The molecule has 0 saturated heterocycles. The minimum atomic E-state index is -0.261. The second-order valence-corrected chi connectivity index (χ2v) is 6.80. The van der Waals surface area contributed by atoms with E-state index in [-0.39, 0.29) is 11.2 Å². The Bertz CT molecular complexity index is 1260. The lowest BCUT2D eigenvalue weighted by Crippen LogP contribution is -2.08. The molecule has 6 heteroatoms. The van der Waals surface area contributed by atoms with Gasteiger partial charge in [-0.2, -0.15) is 0 Å². The number of hydrogen-bond donors (Lipinski definition) is 0. The highest BCUT2D eigenvalue weighted by molar-refractivity contribution is 5.83. The molecule has 0 aliphatic heterocycles. The molecule has 0 fully saturated rings. The van der Waals surface area contributed by atoms with Crippen LogP contribution in [0.4, 0.5) is 0 Å². The van der Waals surface area contributed by atoms with Gasteiger partial charge >= 0.3 is 0 Å². The number of ether oxygens (including phenoxy) is 4. The van der Waals surface area contributed by atoms with Crippen LogP contribution in [0.15, 0.2) is 75.9 Å². The SMILES string of the molecule is COc1ccc(-c2oc3cc(OCc4ccccc4)ccc3c(=O)c2OC)cc1OC. The summed E-state index contributed by atoms with van der Waals surface area (Å²) in [5.74, 6) is 2.12. The molecule has 0 N–H and O–H groups in total. The third-order valence-corrected chi connectivity index (χ3v) is 4.92. The molecule has 158 valence electrons. The van der Waals surface area contributed by atoms with Crippen LogP contribution in [0.5, 0.6) is 23.0 Å². The van der Waals surface area contributed by atoms with E-state index in [1.54, 1.807) is 50.6 Å². The van der Waals surface area contributed by atoms with Gasteiger partial charge in [0.15, 0.2) is 17.3 Å². The molecule has 0 atom stereocenters. The van der Waals surface area contributed by atoms with Crippen LogP contribution in [0.2, 0.25) is 0 Å². The van der Waals surface area contributed by atoms with E-state index in [0.29, 0.717) is 46.1 Å². The number of rotatable bonds is 7. The van der Waals surface area contributed by atoms with E-state index in [0.717, 1.165) is 5.56 Å². The first-order valence-corrected chi connectivity index (χ1v) is 9.68. The lowest BCUT2D eigenvalue weighted by Gasteiger charge is -2.13. The summed E-state index contributed by atoms with van der Waals surface area (Å²) in [6.45, 7) is 0.412. The molecule has 0 aliphatic carbocycles. The van der Waals surface area contributed by atoms with Crippen molar-refractivity contribution in [3.05, 3.63) is 82.5 Å². The van der Waals surface area contributed by atoms with Crippen molar-refractivity contribution in [1.29, 1.82) is 0 Å². The lowest BCUT2D eigenvalue weighted by atomic mass is 10.1.